The van der Waals surface area contributed by atoms with E-state index in [4.69, 9.17) is 19.1 Å². The molecule has 0 aliphatic carbocycles. The Labute approximate surface area is 156 Å². The molecule has 2 aromatic rings. The Morgan fingerprint density at radius 2 is 2.04 bits per heavy atom. The zero-order valence-corrected chi connectivity index (χ0v) is 14.2. The summed E-state index contributed by atoms with van der Waals surface area (Å²) in [5.74, 6) is -0.436. The Morgan fingerprint density at radius 1 is 1.27 bits per heavy atom. The van der Waals surface area contributed by atoms with Crippen molar-refractivity contribution in [1.82, 2.24) is 25.2 Å². The van der Waals surface area contributed by atoms with Crippen molar-refractivity contribution in [3.8, 4) is 0 Å². The summed E-state index contributed by atoms with van der Waals surface area (Å²) in [7, 11) is 0. The molecule has 0 bridgehead atoms. The lowest BCUT2D eigenvalue weighted by molar-refractivity contribution is 0.0565. The van der Waals surface area contributed by atoms with Crippen LogP contribution in [0.3, 0.4) is 0 Å². The lowest BCUT2D eigenvalue weighted by atomic mass is 10.3. The van der Waals surface area contributed by atoms with Crippen molar-refractivity contribution < 1.29 is 17.1 Å². The minimum absolute atomic E-state index is 0.00577. The standard InChI is InChI=1S/C16H15ClN6O3/c17-10-1-2-11(21-9-10)23-14(24)12-13(20-4-3-19-12)15(23)26-16(25)22-7-5-18-6-8-22/h1-4,9,15,18H,5-8H2/t15-/m0/s1/i3D,4D. The number of nitrogens with one attached hydrogen (secondary N) is 1. The summed E-state index contributed by atoms with van der Waals surface area (Å²) < 4.78 is 21.0. The molecule has 2 aromatic heterocycles. The van der Waals surface area contributed by atoms with Gasteiger partial charge in [-0.15, -0.1) is 0 Å². The molecule has 0 radical (unpaired) electrons. The van der Waals surface area contributed by atoms with E-state index in [1.807, 2.05) is 0 Å². The maximum atomic E-state index is 12.9. The number of fused-ring (bicyclic) bond motifs is 1. The van der Waals surface area contributed by atoms with Gasteiger partial charge in [-0.05, 0) is 12.1 Å². The van der Waals surface area contributed by atoms with Crippen molar-refractivity contribution in [2.24, 2.45) is 0 Å². The molecule has 26 heavy (non-hydrogen) atoms. The molecule has 0 spiro atoms. The number of amides is 2. The van der Waals surface area contributed by atoms with Crippen LogP contribution in [-0.2, 0) is 4.74 Å². The van der Waals surface area contributed by atoms with Crippen molar-refractivity contribution in [2.75, 3.05) is 31.1 Å². The van der Waals surface area contributed by atoms with Gasteiger partial charge < -0.3 is 15.0 Å². The molecule has 2 aliphatic rings. The second-order valence-corrected chi connectivity index (χ2v) is 6.10. The van der Waals surface area contributed by atoms with Crippen LogP contribution in [0, 0.1) is 0 Å². The van der Waals surface area contributed by atoms with Gasteiger partial charge in [0.25, 0.3) is 5.91 Å². The van der Waals surface area contributed by atoms with Gasteiger partial charge in [-0.1, -0.05) is 11.6 Å². The third kappa shape index (κ3) is 2.95. The Balaban J connectivity index is 1.72. The van der Waals surface area contributed by atoms with Crippen LogP contribution in [0.5, 0.6) is 0 Å². The molecule has 10 heteroatoms. The van der Waals surface area contributed by atoms with Crippen LogP contribution in [-0.4, -0.2) is 58.0 Å². The molecule has 2 amide bonds. The quantitative estimate of drug-likeness (QED) is 0.841. The zero-order valence-electron chi connectivity index (χ0n) is 15.5. The number of hydrogen-bond donors (Lipinski definition) is 1. The first-order valence-corrected chi connectivity index (χ1v) is 8.30. The number of aromatic nitrogens is 3. The summed E-state index contributed by atoms with van der Waals surface area (Å²) in [5.41, 5.74) is -0.137. The maximum absolute atomic E-state index is 12.9. The van der Waals surface area contributed by atoms with Crippen molar-refractivity contribution in [2.45, 2.75) is 6.23 Å². The molecule has 1 saturated heterocycles. The number of pyridine rings is 1. The monoisotopic (exact) mass is 376 g/mol. The van der Waals surface area contributed by atoms with E-state index < -0.39 is 30.6 Å². The van der Waals surface area contributed by atoms with Gasteiger partial charge in [-0.2, -0.15) is 0 Å². The first kappa shape index (κ1) is 14.4. The number of ether oxygens (including phenoxy) is 1. The number of nitrogens with zero attached hydrogens (tertiary/aromatic N) is 5. The summed E-state index contributed by atoms with van der Waals surface area (Å²) in [6.07, 6.45) is -1.36. The molecule has 2 aliphatic heterocycles. The van der Waals surface area contributed by atoms with E-state index in [1.165, 1.54) is 17.2 Å². The molecule has 0 aromatic carbocycles. The molecule has 134 valence electrons. The van der Waals surface area contributed by atoms with Crippen LogP contribution < -0.4 is 10.2 Å². The summed E-state index contributed by atoms with van der Waals surface area (Å²) >= 11 is 5.87. The highest BCUT2D eigenvalue weighted by Crippen LogP contribution is 2.35. The van der Waals surface area contributed by atoms with Crippen LogP contribution in [0.25, 0.3) is 0 Å². The van der Waals surface area contributed by atoms with Gasteiger partial charge >= 0.3 is 6.09 Å². The van der Waals surface area contributed by atoms with Crippen molar-refractivity contribution in [3.63, 3.8) is 0 Å². The van der Waals surface area contributed by atoms with Crippen LogP contribution in [0.15, 0.2) is 30.7 Å². The van der Waals surface area contributed by atoms with Gasteiger partial charge in [0.15, 0.2) is 5.69 Å². The smallest absolute Gasteiger partial charge is 0.412 e. The lowest BCUT2D eigenvalue weighted by Crippen LogP contribution is -2.47. The average Bonchev–Trinajstić information content (AvgIpc) is 2.95. The molecular formula is C16H15ClN6O3. The van der Waals surface area contributed by atoms with Gasteiger partial charge in [-0.25, -0.2) is 19.7 Å². The Hall–Kier alpha value is -2.78. The molecule has 1 N–H and O–H groups in total. The highest BCUT2D eigenvalue weighted by Gasteiger charge is 2.44. The van der Waals surface area contributed by atoms with Gasteiger partial charge in [0.2, 0.25) is 6.23 Å². The molecular weight excluding hydrogens is 360 g/mol. The predicted molar refractivity (Wildman–Crippen MR) is 91.8 cm³/mol. The number of piperazine rings is 1. The molecule has 4 heterocycles. The minimum Gasteiger partial charge on any atom is -0.419 e. The van der Waals surface area contributed by atoms with Gasteiger partial charge in [-0.3, -0.25) is 9.78 Å². The Morgan fingerprint density at radius 3 is 2.77 bits per heavy atom. The molecule has 1 fully saturated rings. The average molecular weight is 377 g/mol. The number of hydrogen-bond acceptors (Lipinski definition) is 7. The number of carbonyl (C=O) groups is 2. The molecule has 0 unspecified atom stereocenters. The van der Waals surface area contributed by atoms with Gasteiger partial charge in [0, 0.05) is 44.7 Å². The Kier molecular flexibility index (Phi) is 3.79. The summed E-state index contributed by atoms with van der Waals surface area (Å²) in [5, 5.41) is 3.51. The third-order valence-corrected chi connectivity index (χ3v) is 4.30. The van der Waals surface area contributed by atoms with E-state index in [0.717, 1.165) is 4.90 Å². The van der Waals surface area contributed by atoms with Crippen LogP contribution in [0.1, 0.15) is 25.2 Å². The minimum atomic E-state index is -1.24. The Bertz CT molecular complexity index is 939. The van der Waals surface area contributed by atoms with E-state index in [-0.39, 0.29) is 17.2 Å². The summed E-state index contributed by atoms with van der Waals surface area (Å²) in [4.78, 5) is 40.1. The fraction of sp³-hybridized carbons (Fsp3) is 0.312. The number of rotatable bonds is 2. The van der Waals surface area contributed by atoms with Crippen molar-refractivity contribution >= 4 is 29.4 Å². The van der Waals surface area contributed by atoms with Crippen LogP contribution >= 0.6 is 11.6 Å². The highest BCUT2D eigenvalue weighted by molar-refractivity contribution is 6.30. The maximum Gasteiger partial charge on any atom is 0.412 e. The summed E-state index contributed by atoms with van der Waals surface area (Å²) in [6.45, 7) is 2.20. The molecule has 1 atom stereocenters. The van der Waals surface area contributed by atoms with Crippen LogP contribution in [0.2, 0.25) is 5.02 Å². The fourth-order valence-corrected chi connectivity index (χ4v) is 2.92. The summed E-state index contributed by atoms with van der Waals surface area (Å²) in [6, 6.07) is 3.04. The van der Waals surface area contributed by atoms with Crippen molar-refractivity contribution in [3.05, 3.63) is 47.1 Å². The lowest BCUT2D eigenvalue weighted by Gasteiger charge is -2.30. The first-order chi connectivity index (χ1) is 13.5. The molecule has 9 nitrogen and oxygen atoms in total. The van der Waals surface area contributed by atoms with E-state index in [9.17, 15) is 9.59 Å². The second-order valence-electron chi connectivity index (χ2n) is 5.66. The van der Waals surface area contributed by atoms with E-state index in [0.29, 0.717) is 31.2 Å². The molecule has 4 rings (SSSR count). The van der Waals surface area contributed by atoms with Gasteiger partial charge in [0.05, 0.1) is 7.76 Å². The van der Waals surface area contributed by atoms with Gasteiger partial charge in [0.1, 0.15) is 11.5 Å². The van der Waals surface area contributed by atoms with Crippen molar-refractivity contribution in [1.29, 1.82) is 0 Å². The predicted octanol–water partition coefficient (Wildman–Crippen LogP) is 1.23. The number of carbonyl (C=O) groups excluding carboxylic acids is 2. The zero-order chi connectivity index (χ0) is 19.8. The first-order valence-electron chi connectivity index (χ1n) is 8.92. The number of halogens is 1. The second kappa shape index (κ2) is 6.85. The normalized spacial score (nSPS) is 20.5. The van der Waals surface area contributed by atoms with E-state index >= 15 is 0 Å². The highest BCUT2D eigenvalue weighted by atomic mass is 35.5. The fourth-order valence-electron chi connectivity index (χ4n) is 2.81. The van der Waals surface area contributed by atoms with E-state index in [1.54, 1.807) is 6.07 Å². The SMILES string of the molecule is [2H]c1nc2c(nc1[2H])[C@H](OC(=O)N1CCNCC1)N(c1ccc(Cl)cn1)C2=O. The number of anilines is 1. The topological polar surface area (TPSA) is 101 Å². The third-order valence-electron chi connectivity index (χ3n) is 4.07. The van der Waals surface area contributed by atoms with E-state index in [2.05, 4.69) is 20.3 Å². The largest absolute Gasteiger partial charge is 0.419 e. The van der Waals surface area contributed by atoms with Crippen LogP contribution in [0.4, 0.5) is 10.6 Å². The molecule has 0 saturated carbocycles.